The molecule has 1 aromatic carbocycles. The minimum atomic E-state index is -2.94. The molecule has 0 N–H and O–H groups in total. The normalized spacial score (nSPS) is 11.3. The molecule has 0 aliphatic carbocycles. The van der Waals surface area contributed by atoms with Gasteiger partial charge in [-0.15, -0.1) is 0 Å². The Bertz CT molecular complexity index is 437. The van der Waals surface area contributed by atoms with Crippen LogP contribution in [0, 0.1) is 0 Å². The number of rotatable bonds is 4. The van der Waals surface area contributed by atoms with Gasteiger partial charge in [-0.2, -0.15) is 0 Å². The number of carbonyl (C=O) groups excluding carboxylic acids is 2. The van der Waals surface area contributed by atoms with Gasteiger partial charge < -0.3 is 8.85 Å². The van der Waals surface area contributed by atoms with Crippen LogP contribution in [0.15, 0.2) is 36.0 Å². The summed E-state index contributed by atoms with van der Waals surface area (Å²) in [6.07, 6.45) is 1.79. The molecule has 0 saturated carbocycles. The molecule has 0 radical (unpaired) electrons. The van der Waals surface area contributed by atoms with Gasteiger partial charge in [0.25, 0.3) is 11.9 Å². The first-order chi connectivity index (χ1) is 8.41. The molecule has 4 nitrogen and oxygen atoms in total. The van der Waals surface area contributed by atoms with E-state index >= 15 is 0 Å². The van der Waals surface area contributed by atoms with Crippen molar-refractivity contribution in [3.05, 3.63) is 41.6 Å². The predicted octanol–water partition coefficient (Wildman–Crippen LogP) is 2.44. The quantitative estimate of drug-likeness (QED) is 0.784. The van der Waals surface area contributed by atoms with Crippen LogP contribution in [0.2, 0.25) is 6.55 Å². The molecule has 0 spiro atoms. The predicted molar refractivity (Wildman–Crippen MR) is 70.6 cm³/mol. The molecule has 18 heavy (non-hydrogen) atoms. The SMILES string of the molecule is CC(=O)O[Si](C)(C=Cc1ccccc1)OC(C)=O. The maximum absolute atomic E-state index is 11.0. The maximum Gasteiger partial charge on any atom is 0.488 e. The molecular formula is C13H16O4Si. The Morgan fingerprint density at radius 3 is 2.00 bits per heavy atom. The first-order valence-electron chi connectivity index (χ1n) is 5.55. The van der Waals surface area contributed by atoms with Gasteiger partial charge in [0, 0.05) is 20.4 Å². The van der Waals surface area contributed by atoms with Crippen LogP contribution in [-0.2, 0) is 18.4 Å². The molecule has 96 valence electrons. The molecule has 1 aromatic rings. The minimum Gasteiger partial charge on any atom is -0.482 e. The van der Waals surface area contributed by atoms with Crippen molar-refractivity contribution >= 4 is 26.6 Å². The molecular weight excluding hydrogens is 248 g/mol. The topological polar surface area (TPSA) is 52.6 Å². The lowest BCUT2D eigenvalue weighted by atomic mass is 10.2. The van der Waals surface area contributed by atoms with Crippen LogP contribution in [0.25, 0.3) is 6.08 Å². The molecule has 1 rings (SSSR count). The lowest BCUT2D eigenvalue weighted by molar-refractivity contribution is -0.138. The lowest BCUT2D eigenvalue weighted by Crippen LogP contribution is -2.40. The second kappa shape index (κ2) is 6.16. The van der Waals surface area contributed by atoms with Crippen molar-refractivity contribution in [2.75, 3.05) is 0 Å². The monoisotopic (exact) mass is 264 g/mol. The minimum absolute atomic E-state index is 0.455. The molecule has 0 aliphatic rings. The fourth-order valence-electron chi connectivity index (χ4n) is 1.47. The van der Waals surface area contributed by atoms with Crippen LogP contribution in [-0.4, -0.2) is 20.5 Å². The summed E-state index contributed by atoms with van der Waals surface area (Å²) >= 11 is 0. The van der Waals surface area contributed by atoms with E-state index in [1.165, 1.54) is 13.8 Å². The van der Waals surface area contributed by atoms with Crippen LogP contribution >= 0.6 is 0 Å². The molecule has 0 aliphatic heterocycles. The third kappa shape index (κ3) is 4.97. The molecule has 0 atom stereocenters. The van der Waals surface area contributed by atoms with E-state index in [0.29, 0.717) is 0 Å². The van der Waals surface area contributed by atoms with Crippen molar-refractivity contribution in [2.24, 2.45) is 0 Å². The van der Waals surface area contributed by atoms with Gasteiger partial charge in [-0.3, -0.25) is 9.59 Å². The molecule has 0 fully saturated rings. The average molecular weight is 264 g/mol. The summed E-state index contributed by atoms with van der Waals surface area (Å²) in [4.78, 5) is 22.1. The molecule has 0 aromatic heterocycles. The Morgan fingerprint density at radius 1 is 1.06 bits per heavy atom. The highest BCUT2D eigenvalue weighted by atomic mass is 28.4. The van der Waals surface area contributed by atoms with E-state index in [9.17, 15) is 9.59 Å². The van der Waals surface area contributed by atoms with Gasteiger partial charge in [-0.25, -0.2) is 0 Å². The molecule has 0 bridgehead atoms. The standard InChI is InChI=1S/C13H16O4Si/c1-11(14)16-18(3,17-12(2)15)10-9-13-7-5-4-6-8-13/h4-10H,1-3H3. The van der Waals surface area contributed by atoms with Gasteiger partial charge in [0.15, 0.2) is 0 Å². The Morgan fingerprint density at radius 2 is 1.56 bits per heavy atom. The molecule has 0 heterocycles. The molecule has 0 unspecified atom stereocenters. The van der Waals surface area contributed by atoms with Crippen LogP contribution in [0.5, 0.6) is 0 Å². The molecule has 0 saturated heterocycles. The van der Waals surface area contributed by atoms with E-state index in [-0.39, 0.29) is 0 Å². The van der Waals surface area contributed by atoms with Gasteiger partial charge in [0.05, 0.1) is 0 Å². The maximum atomic E-state index is 11.0. The third-order valence-electron chi connectivity index (χ3n) is 2.07. The van der Waals surface area contributed by atoms with Gasteiger partial charge in [0.1, 0.15) is 0 Å². The number of hydrogen-bond acceptors (Lipinski definition) is 4. The van der Waals surface area contributed by atoms with Gasteiger partial charge >= 0.3 is 8.56 Å². The van der Waals surface area contributed by atoms with E-state index in [0.717, 1.165) is 5.56 Å². The zero-order valence-corrected chi connectivity index (χ0v) is 11.7. The highest BCUT2D eigenvalue weighted by Gasteiger charge is 2.35. The molecule has 0 amide bonds. The van der Waals surface area contributed by atoms with Gasteiger partial charge in [-0.05, 0) is 11.3 Å². The summed E-state index contributed by atoms with van der Waals surface area (Å²) in [7, 11) is -2.94. The van der Waals surface area contributed by atoms with Crippen molar-refractivity contribution < 1.29 is 18.4 Å². The zero-order chi connectivity index (χ0) is 13.6. The van der Waals surface area contributed by atoms with E-state index in [1.807, 2.05) is 30.3 Å². The smallest absolute Gasteiger partial charge is 0.482 e. The van der Waals surface area contributed by atoms with E-state index in [4.69, 9.17) is 8.85 Å². The first-order valence-corrected chi connectivity index (χ1v) is 7.94. The summed E-state index contributed by atoms with van der Waals surface area (Å²) < 4.78 is 10.3. The summed E-state index contributed by atoms with van der Waals surface area (Å²) in [6, 6.07) is 9.53. The summed E-state index contributed by atoms with van der Waals surface area (Å²) in [5, 5.41) is 0. The summed E-state index contributed by atoms with van der Waals surface area (Å²) in [5.74, 6) is -0.911. The first kappa shape index (κ1) is 14.2. The number of hydrogen-bond donors (Lipinski definition) is 0. The average Bonchev–Trinajstić information content (AvgIpc) is 2.26. The summed E-state index contributed by atoms with van der Waals surface area (Å²) in [6.45, 7) is 4.24. The zero-order valence-electron chi connectivity index (χ0n) is 10.7. The van der Waals surface area contributed by atoms with Crippen LogP contribution in [0.1, 0.15) is 19.4 Å². The van der Waals surface area contributed by atoms with Crippen molar-refractivity contribution in [3.63, 3.8) is 0 Å². The number of benzene rings is 1. The Balaban J connectivity index is 2.87. The van der Waals surface area contributed by atoms with E-state index in [1.54, 1.807) is 18.3 Å². The van der Waals surface area contributed by atoms with Gasteiger partial charge in [-0.1, -0.05) is 36.4 Å². The second-order valence-corrected chi connectivity index (χ2v) is 6.72. The van der Waals surface area contributed by atoms with Crippen molar-refractivity contribution in [1.29, 1.82) is 0 Å². The van der Waals surface area contributed by atoms with Crippen molar-refractivity contribution in [1.82, 2.24) is 0 Å². The third-order valence-corrected chi connectivity index (χ3v) is 4.23. The van der Waals surface area contributed by atoms with Crippen molar-refractivity contribution in [2.45, 2.75) is 20.4 Å². The Hall–Kier alpha value is -1.88. The Kier molecular flexibility index (Phi) is 4.85. The number of carbonyl (C=O) groups is 2. The van der Waals surface area contributed by atoms with E-state index in [2.05, 4.69) is 0 Å². The van der Waals surface area contributed by atoms with Crippen LogP contribution in [0.4, 0.5) is 0 Å². The van der Waals surface area contributed by atoms with Crippen LogP contribution < -0.4 is 0 Å². The van der Waals surface area contributed by atoms with Gasteiger partial charge in [0.2, 0.25) is 0 Å². The highest BCUT2D eigenvalue weighted by Crippen LogP contribution is 2.13. The van der Waals surface area contributed by atoms with Crippen LogP contribution in [0.3, 0.4) is 0 Å². The molecule has 5 heteroatoms. The second-order valence-electron chi connectivity index (χ2n) is 3.95. The lowest BCUT2D eigenvalue weighted by Gasteiger charge is -2.21. The fourth-order valence-corrected chi connectivity index (χ4v) is 3.29. The highest BCUT2D eigenvalue weighted by molar-refractivity contribution is 6.74. The largest absolute Gasteiger partial charge is 0.488 e. The van der Waals surface area contributed by atoms with Crippen molar-refractivity contribution in [3.8, 4) is 0 Å². The Labute approximate surface area is 107 Å². The fraction of sp³-hybridized carbons (Fsp3) is 0.231. The van der Waals surface area contributed by atoms with E-state index < -0.39 is 20.5 Å². The summed E-state index contributed by atoms with van der Waals surface area (Å²) in [5.41, 5.74) is 2.63.